The van der Waals surface area contributed by atoms with E-state index in [1.165, 1.54) is 0 Å². The van der Waals surface area contributed by atoms with Crippen molar-refractivity contribution in [1.82, 2.24) is 5.06 Å². The Morgan fingerprint density at radius 1 is 1.53 bits per heavy atom. The van der Waals surface area contributed by atoms with Gasteiger partial charge in [0.05, 0.1) is 0 Å². The molecular formula is C12H23NO4. The first-order valence-corrected chi connectivity index (χ1v) is 6.43. The van der Waals surface area contributed by atoms with Crippen molar-refractivity contribution >= 4 is 6.16 Å². The first-order chi connectivity index (χ1) is 8.17. The molecule has 17 heavy (non-hydrogen) atoms. The zero-order valence-electron chi connectivity index (χ0n) is 10.7. The summed E-state index contributed by atoms with van der Waals surface area (Å²) in [6.07, 6.45) is 3.74. The quantitative estimate of drug-likeness (QED) is 0.751. The zero-order valence-corrected chi connectivity index (χ0v) is 10.7. The van der Waals surface area contributed by atoms with E-state index in [1.807, 2.05) is 13.8 Å². The highest BCUT2D eigenvalue weighted by molar-refractivity contribution is 5.59. The zero-order chi connectivity index (χ0) is 12.7. The van der Waals surface area contributed by atoms with Crippen LogP contribution in [0.5, 0.6) is 0 Å². The van der Waals surface area contributed by atoms with Crippen molar-refractivity contribution in [2.75, 3.05) is 13.2 Å². The van der Waals surface area contributed by atoms with Crippen molar-refractivity contribution in [1.29, 1.82) is 0 Å². The molecule has 1 aliphatic heterocycles. The molecule has 1 N–H and O–H groups in total. The Labute approximate surface area is 103 Å². The fourth-order valence-corrected chi connectivity index (χ4v) is 1.90. The molecule has 5 heteroatoms. The number of rotatable bonds is 5. The van der Waals surface area contributed by atoms with Crippen molar-refractivity contribution in [2.24, 2.45) is 0 Å². The highest BCUT2D eigenvalue weighted by Gasteiger charge is 2.26. The Morgan fingerprint density at radius 2 is 2.29 bits per heavy atom. The van der Waals surface area contributed by atoms with Gasteiger partial charge in [0.15, 0.2) is 0 Å². The van der Waals surface area contributed by atoms with E-state index in [-0.39, 0.29) is 18.8 Å². The van der Waals surface area contributed by atoms with Crippen LogP contribution < -0.4 is 0 Å². The van der Waals surface area contributed by atoms with Crippen molar-refractivity contribution in [3.8, 4) is 0 Å². The van der Waals surface area contributed by atoms with Crippen LogP contribution in [-0.4, -0.2) is 41.6 Å². The molecular weight excluding hydrogens is 222 g/mol. The molecule has 0 bridgehead atoms. The summed E-state index contributed by atoms with van der Waals surface area (Å²) in [5.41, 5.74) is 0. The van der Waals surface area contributed by atoms with Crippen LogP contribution in [0.1, 0.15) is 46.0 Å². The average Bonchev–Trinajstić information content (AvgIpc) is 2.31. The van der Waals surface area contributed by atoms with Gasteiger partial charge in [0.25, 0.3) is 0 Å². The number of hydrogen-bond donors (Lipinski definition) is 1. The van der Waals surface area contributed by atoms with E-state index in [4.69, 9.17) is 14.7 Å². The number of hydroxylamine groups is 2. The molecule has 1 fully saturated rings. The van der Waals surface area contributed by atoms with Gasteiger partial charge in [-0.05, 0) is 32.6 Å². The summed E-state index contributed by atoms with van der Waals surface area (Å²) in [5, 5.41) is 10.6. The molecule has 0 aliphatic carbocycles. The molecule has 100 valence electrons. The number of aliphatic hydroxyl groups excluding tert-OH is 1. The van der Waals surface area contributed by atoms with Crippen molar-refractivity contribution in [3.63, 3.8) is 0 Å². The highest BCUT2D eigenvalue weighted by Crippen LogP contribution is 2.20. The molecule has 1 heterocycles. The van der Waals surface area contributed by atoms with Gasteiger partial charge in [0, 0.05) is 19.2 Å². The van der Waals surface area contributed by atoms with Crippen LogP contribution in [0.3, 0.4) is 0 Å². The molecule has 1 rings (SSSR count). The average molecular weight is 245 g/mol. The second kappa shape index (κ2) is 7.50. The standard InChI is InChI=1S/C12H23NO4/c1-3-10(2)16-12(15)17-13-8-5-4-6-11(13)7-9-14/h10-11,14H,3-9H2,1-2H3. The smallest absolute Gasteiger partial charge is 0.430 e. The van der Waals surface area contributed by atoms with E-state index in [2.05, 4.69) is 0 Å². The van der Waals surface area contributed by atoms with Gasteiger partial charge in [-0.15, -0.1) is 5.06 Å². The lowest BCUT2D eigenvalue weighted by molar-refractivity contribution is -0.173. The van der Waals surface area contributed by atoms with E-state index in [0.717, 1.165) is 32.2 Å². The SMILES string of the molecule is CCC(C)OC(=O)ON1CCCCC1CCO. The monoisotopic (exact) mass is 245 g/mol. The molecule has 1 aliphatic rings. The fraction of sp³-hybridized carbons (Fsp3) is 0.917. The summed E-state index contributed by atoms with van der Waals surface area (Å²) in [6, 6.07) is 0.123. The van der Waals surface area contributed by atoms with Crippen molar-refractivity contribution in [3.05, 3.63) is 0 Å². The summed E-state index contributed by atoms with van der Waals surface area (Å²) in [6.45, 7) is 4.63. The van der Waals surface area contributed by atoms with E-state index in [0.29, 0.717) is 6.42 Å². The lowest BCUT2D eigenvalue weighted by atomic mass is 10.0. The highest BCUT2D eigenvalue weighted by atomic mass is 16.8. The van der Waals surface area contributed by atoms with Gasteiger partial charge < -0.3 is 14.7 Å². The van der Waals surface area contributed by atoms with Gasteiger partial charge in [0.1, 0.15) is 6.10 Å². The number of carbonyl (C=O) groups is 1. The predicted octanol–water partition coefficient (Wildman–Crippen LogP) is 2.09. The van der Waals surface area contributed by atoms with Gasteiger partial charge in [-0.1, -0.05) is 13.3 Å². The topological polar surface area (TPSA) is 59.0 Å². The van der Waals surface area contributed by atoms with E-state index in [9.17, 15) is 4.79 Å². The van der Waals surface area contributed by atoms with Gasteiger partial charge in [-0.3, -0.25) is 0 Å². The maximum absolute atomic E-state index is 11.5. The van der Waals surface area contributed by atoms with E-state index in [1.54, 1.807) is 5.06 Å². The molecule has 2 atom stereocenters. The minimum atomic E-state index is -0.635. The molecule has 2 unspecified atom stereocenters. The minimum Gasteiger partial charge on any atom is -0.430 e. The summed E-state index contributed by atoms with van der Waals surface area (Å²) < 4.78 is 5.06. The molecule has 5 nitrogen and oxygen atoms in total. The lowest BCUT2D eigenvalue weighted by Crippen LogP contribution is -2.41. The first-order valence-electron chi connectivity index (χ1n) is 6.43. The second-order valence-corrected chi connectivity index (χ2v) is 4.48. The van der Waals surface area contributed by atoms with Crippen molar-refractivity contribution < 1.29 is 19.5 Å². The molecule has 0 saturated carbocycles. The summed E-state index contributed by atoms with van der Waals surface area (Å²) >= 11 is 0. The molecule has 0 amide bonds. The summed E-state index contributed by atoms with van der Waals surface area (Å²) in [5.74, 6) is 0. The molecule has 0 spiro atoms. The maximum Gasteiger partial charge on any atom is 0.528 e. The van der Waals surface area contributed by atoms with Gasteiger partial charge in [-0.2, -0.15) is 0 Å². The second-order valence-electron chi connectivity index (χ2n) is 4.48. The number of piperidine rings is 1. The number of ether oxygens (including phenoxy) is 1. The van der Waals surface area contributed by atoms with Crippen LogP contribution in [0, 0.1) is 0 Å². The third kappa shape index (κ3) is 4.91. The van der Waals surface area contributed by atoms with Gasteiger partial charge in [-0.25, -0.2) is 4.79 Å². The Morgan fingerprint density at radius 3 is 2.94 bits per heavy atom. The third-order valence-electron chi connectivity index (χ3n) is 3.10. The Bertz CT molecular complexity index is 233. The van der Waals surface area contributed by atoms with Gasteiger partial charge >= 0.3 is 6.16 Å². The molecule has 0 radical (unpaired) electrons. The Hall–Kier alpha value is -0.810. The fourth-order valence-electron chi connectivity index (χ4n) is 1.90. The molecule has 0 aromatic carbocycles. The van der Waals surface area contributed by atoms with Crippen LogP contribution in [0.25, 0.3) is 0 Å². The molecule has 0 aromatic rings. The summed E-state index contributed by atoms with van der Waals surface area (Å²) in [7, 11) is 0. The number of hydrogen-bond acceptors (Lipinski definition) is 5. The van der Waals surface area contributed by atoms with Crippen LogP contribution in [0.15, 0.2) is 0 Å². The maximum atomic E-state index is 11.5. The predicted molar refractivity (Wildman–Crippen MR) is 63.4 cm³/mol. The van der Waals surface area contributed by atoms with E-state index < -0.39 is 6.16 Å². The molecule has 1 saturated heterocycles. The van der Waals surface area contributed by atoms with Crippen molar-refractivity contribution in [2.45, 2.75) is 58.1 Å². The third-order valence-corrected chi connectivity index (χ3v) is 3.10. The van der Waals surface area contributed by atoms with Crippen LogP contribution in [-0.2, 0) is 9.57 Å². The lowest BCUT2D eigenvalue weighted by Gasteiger charge is -2.33. The van der Waals surface area contributed by atoms with Crippen LogP contribution in [0.4, 0.5) is 4.79 Å². The van der Waals surface area contributed by atoms with Gasteiger partial charge in [0.2, 0.25) is 0 Å². The van der Waals surface area contributed by atoms with Crippen LogP contribution >= 0.6 is 0 Å². The normalized spacial score (nSPS) is 23.1. The first kappa shape index (κ1) is 14.3. The number of carbonyl (C=O) groups excluding carboxylic acids is 1. The largest absolute Gasteiger partial charge is 0.528 e. The number of nitrogens with zero attached hydrogens (tertiary/aromatic N) is 1. The Balaban J connectivity index is 2.38. The summed E-state index contributed by atoms with van der Waals surface area (Å²) in [4.78, 5) is 16.7. The van der Waals surface area contributed by atoms with Crippen LogP contribution in [0.2, 0.25) is 0 Å². The minimum absolute atomic E-state index is 0.116. The molecule has 0 aromatic heterocycles. The number of aliphatic hydroxyl groups is 1. The van der Waals surface area contributed by atoms with E-state index >= 15 is 0 Å². The Kier molecular flexibility index (Phi) is 6.29.